The molecule has 0 atom stereocenters. The van der Waals surface area contributed by atoms with E-state index >= 15 is 0 Å². The fourth-order valence-corrected chi connectivity index (χ4v) is 3.25. The monoisotopic (exact) mass is 362 g/mol. The van der Waals surface area contributed by atoms with Gasteiger partial charge in [0, 0.05) is 18.5 Å². The predicted molar refractivity (Wildman–Crippen MR) is 97.2 cm³/mol. The molecule has 2 N–H and O–H groups in total. The van der Waals surface area contributed by atoms with Crippen LogP contribution in [0.1, 0.15) is 9.67 Å². The number of ether oxygens (including phenoxy) is 1. The summed E-state index contributed by atoms with van der Waals surface area (Å²) in [5.74, 6) is 0.326. The number of halogens is 1. The Morgan fingerprint density at radius 3 is 2.79 bits per heavy atom. The summed E-state index contributed by atoms with van der Waals surface area (Å²) in [6.07, 6.45) is 0. The number of carbonyl (C=O) groups excluding carboxylic acids is 1. The second kappa shape index (κ2) is 7.46. The van der Waals surface area contributed by atoms with E-state index in [4.69, 9.17) is 11.6 Å². The van der Waals surface area contributed by atoms with Gasteiger partial charge in [-0.1, -0.05) is 41.1 Å². The van der Waals surface area contributed by atoms with Gasteiger partial charge in [0.25, 0.3) is 0 Å². The molecule has 0 aliphatic heterocycles. The lowest BCUT2D eigenvalue weighted by Crippen LogP contribution is -2.14. The number of methoxy groups -OCH3 is 1. The van der Waals surface area contributed by atoms with E-state index in [1.807, 2.05) is 36.4 Å². The van der Waals surface area contributed by atoms with Crippen LogP contribution in [0.15, 0.2) is 36.4 Å². The molecule has 0 aliphatic rings. The second-order valence-electron chi connectivity index (χ2n) is 4.87. The zero-order valence-corrected chi connectivity index (χ0v) is 14.4. The number of nitrogens with zero attached hydrogens (tertiary/aromatic N) is 2. The number of thiazole rings is 1. The summed E-state index contributed by atoms with van der Waals surface area (Å²) in [7, 11) is 1.31. The van der Waals surface area contributed by atoms with Crippen molar-refractivity contribution in [3.63, 3.8) is 0 Å². The lowest BCUT2D eigenvalue weighted by Gasteiger charge is -2.07. The Kier molecular flexibility index (Phi) is 5.12. The zero-order valence-electron chi connectivity index (χ0n) is 12.9. The summed E-state index contributed by atoms with van der Waals surface area (Å²) >= 11 is 7.08. The van der Waals surface area contributed by atoms with Crippen molar-refractivity contribution >= 4 is 50.8 Å². The molecule has 6 nitrogen and oxygen atoms in total. The Balaban J connectivity index is 1.54. The second-order valence-corrected chi connectivity index (χ2v) is 6.23. The Morgan fingerprint density at radius 1 is 1.17 bits per heavy atom. The summed E-state index contributed by atoms with van der Waals surface area (Å²) in [5.41, 5.74) is 0.949. The third kappa shape index (κ3) is 3.74. The quantitative estimate of drug-likeness (QED) is 0.515. The number of pyridine rings is 1. The number of carbonyl (C=O) groups is 1. The van der Waals surface area contributed by atoms with Gasteiger partial charge in [0.2, 0.25) is 0 Å². The Labute approximate surface area is 147 Å². The molecule has 8 heteroatoms. The lowest BCUT2D eigenvalue weighted by molar-refractivity contribution is 0.0606. The van der Waals surface area contributed by atoms with Crippen LogP contribution in [0, 0.1) is 0 Å². The van der Waals surface area contributed by atoms with Crippen molar-refractivity contribution in [1.82, 2.24) is 9.97 Å². The van der Waals surface area contributed by atoms with Gasteiger partial charge in [-0.3, -0.25) is 0 Å². The van der Waals surface area contributed by atoms with Crippen LogP contribution in [-0.2, 0) is 4.74 Å². The van der Waals surface area contributed by atoms with Crippen molar-refractivity contribution in [3.05, 3.63) is 46.4 Å². The number of nitrogens with one attached hydrogen (secondary N) is 2. The van der Waals surface area contributed by atoms with Gasteiger partial charge in [-0.05, 0) is 18.2 Å². The first-order valence-electron chi connectivity index (χ1n) is 7.25. The number of esters is 1. The molecule has 0 saturated heterocycles. The van der Waals surface area contributed by atoms with E-state index in [1.54, 1.807) is 0 Å². The number of hydrogen-bond acceptors (Lipinski definition) is 7. The molecule has 3 aromatic rings. The zero-order chi connectivity index (χ0) is 16.9. The molecule has 0 amide bonds. The molecule has 124 valence electrons. The number of benzene rings is 1. The van der Waals surface area contributed by atoms with Crippen molar-refractivity contribution < 1.29 is 9.53 Å². The van der Waals surface area contributed by atoms with E-state index in [0.717, 1.165) is 16.7 Å². The minimum Gasteiger partial charge on any atom is -0.465 e. The van der Waals surface area contributed by atoms with E-state index in [2.05, 4.69) is 25.3 Å². The summed E-state index contributed by atoms with van der Waals surface area (Å²) < 4.78 is 4.65. The SMILES string of the molecule is COC(=O)c1sc(NCCNc2ccc3ccccc3n2)nc1Cl. The molecule has 0 spiro atoms. The maximum atomic E-state index is 11.5. The van der Waals surface area contributed by atoms with Gasteiger partial charge in [-0.15, -0.1) is 0 Å². The van der Waals surface area contributed by atoms with Crippen LogP contribution in [0.5, 0.6) is 0 Å². The minimum atomic E-state index is -0.482. The largest absolute Gasteiger partial charge is 0.465 e. The lowest BCUT2D eigenvalue weighted by atomic mass is 10.2. The predicted octanol–water partition coefficient (Wildman–Crippen LogP) is 3.66. The fraction of sp³-hybridized carbons (Fsp3) is 0.188. The summed E-state index contributed by atoms with van der Waals surface area (Å²) in [4.78, 5) is 20.4. The number of rotatable bonds is 6. The van der Waals surface area contributed by atoms with Crippen LogP contribution < -0.4 is 10.6 Å². The molecule has 0 saturated carbocycles. The molecule has 3 rings (SSSR count). The van der Waals surface area contributed by atoms with E-state index < -0.39 is 5.97 Å². The van der Waals surface area contributed by atoms with Crippen molar-refractivity contribution in [2.45, 2.75) is 0 Å². The standard InChI is InChI=1S/C16H15ClN4O2S/c1-23-15(22)13-14(17)21-16(24-13)19-9-8-18-12-7-6-10-4-2-3-5-11(10)20-12/h2-7H,8-9H2,1H3,(H,18,20)(H,19,21). The van der Waals surface area contributed by atoms with Crippen LogP contribution in [0.4, 0.5) is 10.9 Å². The summed E-state index contributed by atoms with van der Waals surface area (Å²) in [6.45, 7) is 1.26. The van der Waals surface area contributed by atoms with E-state index in [0.29, 0.717) is 23.1 Å². The highest BCUT2D eigenvalue weighted by molar-refractivity contribution is 7.18. The average molecular weight is 363 g/mol. The van der Waals surface area contributed by atoms with Crippen molar-refractivity contribution in [2.24, 2.45) is 0 Å². The topological polar surface area (TPSA) is 76.1 Å². The maximum Gasteiger partial charge on any atom is 0.351 e. The molecular formula is C16H15ClN4O2S. The van der Waals surface area contributed by atoms with Gasteiger partial charge in [-0.25, -0.2) is 14.8 Å². The number of para-hydroxylation sites is 1. The first-order chi connectivity index (χ1) is 11.7. The summed E-state index contributed by atoms with van der Waals surface area (Å²) in [5, 5.41) is 8.19. The van der Waals surface area contributed by atoms with Crippen molar-refractivity contribution in [2.75, 3.05) is 30.8 Å². The molecule has 0 bridgehead atoms. The van der Waals surface area contributed by atoms with E-state index in [1.165, 1.54) is 18.4 Å². The fourth-order valence-electron chi connectivity index (χ4n) is 2.12. The molecular weight excluding hydrogens is 348 g/mol. The highest BCUT2D eigenvalue weighted by Gasteiger charge is 2.16. The molecule has 2 aromatic heterocycles. The van der Waals surface area contributed by atoms with E-state index in [9.17, 15) is 4.79 Å². The molecule has 0 fully saturated rings. The number of fused-ring (bicyclic) bond motifs is 1. The van der Waals surface area contributed by atoms with Gasteiger partial charge in [0.05, 0.1) is 12.6 Å². The Bertz CT molecular complexity index is 868. The van der Waals surface area contributed by atoms with E-state index in [-0.39, 0.29) is 5.15 Å². The van der Waals surface area contributed by atoms with Gasteiger partial charge < -0.3 is 15.4 Å². The average Bonchev–Trinajstić information content (AvgIpc) is 2.98. The molecule has 2 heterocycles. The number of anilines is 2. The first-order valence-corrected chi connectivity index (χ1v) is 8.45. The van der Waals surface area contributed by atoms with Crippen LogP contribution in [0.3, 0.4) is 0 Å². The highest BCUT2D eigenvalue weighted by atomic mass is 35.5. The third-order valence-corrected chi connectivity index (χ3v) is 4.64. The third-order valence-electron chi connectivity index (χ3n) is 3.26. The Hall–Kier alpha value is -2.38. The van der Waals surface area contributed by atoms with Crippen molar-refractivity contribution in [1.29, 1.82) is 0 Å². The number of hydrogen-bond donors (Lipinski definition) is 2. The van der Waals surface area contributed by atoms with Gasteiger partial charge in [0.1, 0.15) is 5.82 Å². The smallest absolute Gasteiger partial charge is 0.351 e. The first kappa shape index (κ1) is 16.5. The molecule has 1 aromatic carbocycles. The summed E-state index contributed by atoms with van der Waals surface area (Å²) in [6, 6.07) is 11.9. The highest BCUT2D eigenvalue weighted by Crippen LogP contribution is 2.27. The van der Waals surface area contributed by atoms with Crippen LogP contribution >= 0.6 is 22.9 Å². The van der Waals surface area contributed by atoms with Crippen LogP contribution in [0.2, 0.25) is 5.15 Å². The number of aromatic nitrogens is 2. The molecule has 24 heavy (non-hydrogen) atoms. The minimum absolute atomic E-state index is 0.151. The maximum absolute atomic E-state index is 11.5. The van der Waals surface area contributed by atoms with Crippen LogP contribution in [0.25, 0.3) is 10.9 Å². The van der Waals surface area contributed by atoms with Gasteiger partial charge >= 0.3 is 5.97 Å². The van der Waals surface area contributed by atoms with Crippen molar-refractivity contribution in [3.8, 4) is 0 Å². The Morgan fingerprint density at radius 2 is 1.96 bits per heavy atom. The molecule has 0 unspecified atom stereocenters. The van der Waals surface area contributed by atoms with Gasteiger partial charge in [0.15, 0.2) is 15.2 Å². The molecule has 0 aliphatic carbocycles. The molecule has 0 radical (unpaired) electrons. The normalized spacial score (nSPS) is 10.6. The van der Waals surface area contributed by atoms with Gasteiger partial charge in [-0.2, -0.15) is 0 Å². The van der Waals surface area contributed by atoms with Crippen LogP contribution in [-0.4, -0.2) is 36.1 Å².